The summed E-state index contributed by atoms with van der Waals surface area (Å²) in [5, 5.41) is 24.5. The van der Waals surface area contributed by atoms with Gasteiger partial charge in [-0.25, -0.2) is 28.0 Å². The molecule has 27 nitrogen and oxygen atoms in total. The third kappa shape index (κ3) is 17.6. The van der Waals surface area contributed by atoms with E-state index in [2.05, 4.69) is 26.6 Å². The van der Waals surface area contributed by atoms with Gasteiger partial charge >= 0.3 is 24.1 Å². The molecule has 4 aliphatic heterocycles. The van der Waals surface area contributed by atoms with E-state index in [0.717, 1.165) is 17.5 Å². The topological polar surface area (TPSA) is 363 Å². The van der Waals surface area contributed by atoms with Gasteiger partial charge < -0.3 is 70.4 Å². The molecule has 0 radical (unpaired) electrons. The summed E-state index contributed by atoms with van der Waals surface area (Å²) in [6.45, 7) is 9.45. The number of unbranched alkanes of at least 4 members (excludes halogenated alkanes) is 1. The molecule has 10 atom stereocenters. The SMILES string of the molecule is COc1cc2cc(c1Cl)N(C)C(=O)C[C@H](OC(=O)[C@H](C)N(C)C(=O)c1cc(F)c(NC(=O)[C@H](CCCNC(N)=O)NC(=O)[C@@H](NC(=O)CCCCC(=O)ON3C(=O)CCC3=O)C(C)C)cc1F)[C@]1(C)O[C@H]1[C@H](C)[C@@H]1C[C@@](O)(NC(=O)O1)[C@H](OC)/C=C/C=C(\C)C2. The second-order valence-electron chi connectivity index (χ2n) is 23.2. The van der Waals surface area contributed by atoms with Crippen LogP contribution in [0.2, 0.25) is 5.02 Å². The Labute approximate surface area is 523 Å². The number of nitrogens with zero attached hydrogens (tertiary/aromatic N) is 3. The lowest BCUT2D eigenvalue weighted by atomic mass is 9.83. The maximum atomic E-state index is 16.2. The van der Waals surface area contributed by atoms with E-state index in [1.807, 2.05) is 6.92 Å². The number of nitrogens with one attached hydrogen (secondary N) is 5. The van der Waals surface area contributed by atoms with Gasteiger partial charge in [-0.2, -0.15) is 0 Å². The largest absolute Gasteiger partial charge is 0.495 e. The van der Waals surface area contributed by atoms with Gasteiger partial charge in [-0.3, -0.25) is 38.9 Å². The van der Waals surface area contributed by atoms with E-state index in [1.54, 1.807) is 58.1 Å². The van der Waals surface area contributed by atoms with Crippen LogP contribution in [0.25, 0.3) is 0 Å². The minimum absolute atomic E-state index is 0.0191. The number of halogens is 3. The number of hydrogen-bond donors (Lipinski definition) is 7. The molecule has 0 aliphatic carbocycles. The molecule has 0 aromatic heterocycles. The number of nitrogens with two attached hydrogens (primary N) is 1. The number of allylic oxidation sites excluding steroid dienone is 3. The molecule has 30 heteroatoms. The van der Waals surface area contributed by atoms with Crippen LogP contribution >= 0.6 is 11.6 Å². The number of primary amides is 1. The van der Waals surface area contributed by atoms with Gasteiger partial charge in [0, 0.05) is 71.8 Å². The van der Waals surface area contributed by atoms with Crippen molar-refractivity contribution in [3.8, 4) is 5.75 Å². The van der Waals surface area contributed by atoms with Crippen molar-refractivity contribution in [3.05, 3.63) is 75.9 Å². The van der Waals surface area contributed by atoms with Crippen molar-refractivity contribution in [1.29, 1.82) is 0 Å². The number of ether oxygens (including phenoxy) is 5. The molecule has 0 unspecified atom stereocenters. The van der Waals surface area contributed by atoms with Crippen LogP contribution in [0.15, 0.2) is 48.1 Å². The standard InChI is InChI=1S/C60H78ClF2N9O18/c1-30(2)51(68-45(73)18-11-12-19-49(77)90-72-46(74)20-21-47(72)75)54(79)66-38(16-14-22-65-57(64)82)53(78)67-39-27-36(62)35(26-37(39)63)55(80)70(7)33(5)56(81)88-44-28-48(76)71(8)40-24-34(25-41(85-9)50(40)61)23-31(3)15-13-17-43(86-10)60(84)29-42(87-58(83)69-60)32(4)52-59(44,6)89-52/h13,15,17,24-27,30,32-33,38,42-44,51-52,84H,11-12,14,16,18-23,28-29H2,1-10H3,(H,66,79)(H,67,78)(H,68,73)(H,69,83)(H3,64,65,82)/b17-13+,31-15+/t32-,33+,38+,42+,43-,44+,51+,52+,59+,60+/m1/s1. The van der Waals surface area contributed by atoms with Crippen LogP contribution < -0.4 is 42.0 Å². The zero-order valence-electron chi connectivity index (χ0n) is 51.7. The number of fused-ring (bicyclic) bond motifs is 5. The lowest BCUT2D eigenvalue weighted by Crippen LogP contribution is -2.63. The summed E-state index contributed by atoms with van der Waals surface area (Å²) in [4.78, 5) is 151. The van der Waals surface area contributed by atoms with Crippen molar-refractivity contribution in [3.63, 3.8) is 0 Å². The number of methoxy groups -OCH3 is 2. The number of aliphatic hydroxyl groups is 1. The average Bonchev–Trinajstić information content (AvgIpc) is 1.62. The van der Waals surface area contributed by atoms with Crippen LogP contribution in [-0.2, 0) is 68.6 Å². The number of anilines is 2. The number of rotatable bonds is 22. The molecule has 4 aliphatic rings. The summed E-state index contributed by atoms with van der Waals surface area (Å²) in [5.41, 5.74) is 1.81. The van der Waals surface area contributed by atoms with Crippen molar-refractivity contribution in [1.82, 2.24) is 31.2 Å². The van der Waals surface area contributed by atoms with Gasteiger partial charge in [0.2, 0.25) is 23.6 Å². The molecule has 90 heavy (non-hydrogen) atoms. The molecule has 4 bridgehead atoms. The Bertz CT molecular complexity index is 3170. The number of alkyl carbamates (subject to hydrolysis) is 1. The van der Waals surface area contributed by atoms with E-state index in [0.29, 0.717) is 29.2 Å². The summed E-state index contributed by atoms with van der Waals surface area (Å²) in [5.74, 6) is -11.4. The highest BCUT2D eigenvalue weighted by atomic mass is 35.5. The predicted molar refractivity (Wildman–Crippen MR) is 316 cm³/mol. The summed E-state index contributed by atoms with van der Waals surface area (Å²) in [6.07, 6.45) is -1.28. The fourth-order valence-corrected chi connectivity index (χ4v) is 10.9. The van der Waals surface area contributed by atoms with Crippen molar-refractivity contribution in [2.75, 3.05) is 45.1 Å². The molecular weight excluding hydrogens is 1210 g/mol. The van der Waals surface area contributed by atoms with Crippen LogP contribution in [0.4, 0.5) is 29.7 Å². The second-order valence-corrected chi connectivity index (χ2v) is 23.5. The number of hydroxylamine groups is 2. The normalized spacial score (nSPS) is 24.6. The summed E-state index contributed by atoms with van der Waals surface area (Å²) < 4.78 is 61.5. The number of imide groups is 1. The number of urea groups is 1. The fraction of sp³-hybridized carbons (Fsp3) is 0.550. The Morgan fingerprint density at radius 3 is 2.27 bits per heavy atom. The number of amides is 10. The van der Waals surface area contributed by atoms with Crippen molar-refractivity contribution >= 4 is 88.4 Å². The first-order valence-corrected chi connectivity index (χ1v) is 29.6. The highest BCUT2D eigenvalue weighted by Gasteiger charge is 2.64. The zero-order chi connectivity index (χ0) is 66.7. The third-order valence-corrected chi connectivity index (χ3v) is 16.5. The van der Waals surface area contributed by atoms with Crippen molar-refractivity contribution in [2.24, 2.45) is 17.6 Å². The first-order chi connectivity index (χ1) is 42.3. The highest BCUT2D eigenvalue weighted by molar-refractivity contribution is 6.35. The minimum atomic E-state index is -1.98. The molecule has 3 fully saturated rings. The van der Waals surface area contributed by atoms with E-state index in [-0.39, 0.29) is 80.8 Å². The van der Waals surface area contributed by atoms with Crippen LogP contribution in [0, 0.1) is 23.5 Å². The van der Waals surface area contributed by atoms with E-state index < -0.39 is 160 Å². The van der Waals surface area contributed by atoms with Gasteiger partial charge in [-0.15, -0.1) is 5.06 Å². The number of carbonyl (C=O) groups is 11. The Morgan fingerprint density at radius 1 is 0.944 bits per heavy atom. The number of carbonyl (C=O) groups excluding carboxylic acids is 11. The third-order valence-electron chi connectivity index (χ3n) is 16.1. The van der Waals surface area contributed by atoms with Gasteiger partial charge in [-0.1, -0.05) is 56.2 Å². The lowest BCUT2D eigenvalue weighted by Gasteiger charge is -2.42. The molecule has 492 valence electrons. The number of hydrogen-bond acceptors (Lipinski definition) is 18. The molecule has 10 amide bonds. The summed E-state index contributed by atoms with van der Waals surface area (Å²) in [7, 11) is 5.33. The Morgan fingerprint density at radius 2 is 1.62 bits per heavy atom. The van der Waals surface area contributed by atoms with Crippen molar-refractivity contribution in [2.45, 2.75) is 166 Å². The molecule has 0 saturated carbocycles. The molecule has 8 N–H and O–H groups in total. The van der Waals surface area contributed by atoms with Gasteiger partial charge in [0.05, 0.1) is 36.6 Å². The van der Waals surface area contributed by atoms with Gasteiger partial charge in [0.1, 0.15) is 64.4 Å². The van der Waals surface area contributed by atoms with Gasteiger partial charge in [0.25, 0.3) is 17.7 Å². The smallest absolute Gasteiger partial charge is 0.409 e. The van der Waals surface area contributed by atoms with Crippen LogP contribution in [0.3, 0.4) is 0 Å². The number of esters is 1. The Hall–Kier alpha value is -8.28. The monoisotopic (exact) mass is 1290 g/mol. The first-order valence-electron chi connectivity index (χ1n) is 29.2. The second kappa shape index (κ2) is 30.5. The summed E-state index contributed by atoms with van der Waals surface area (Å²) in [6, 6.07) is -0.835. The molecule has 4 heterocycles. The fourth-order valence-electron chi connectivity index (χ4n) is 10.6. The lowest BCUT2D eigenvalue weighted by molar-refractivity contribution is -0.197. The molecule has 6 rings (SSSR count). The van der Waals surface area contributed by atoms with E-state index in [1.165, 1.54) is 33.1 Å². The van der Waals surface area contributed by atoms with Gasteiger partial charge in [0.15, 0.2) is 5.72 Å². The zero-order valence-corrected chi connectivity index (χ0v) is 52.4. The van der Waals surface area contributed by atoms with E-state index >= 15 is 8.78 Å². The van der Waals surface area contributed by atoms with Gasteiger partial charge in [-0.05, 0) is 82.6 Å². The van der Waals surface area contributed by atoms with Crippen LogP contribution in [0.1, 0.15) is 122 Å². The van der Waals surface area contributed by atoms with Crippen molar-refractivity contribution < 1.29 is 95.1 Å². The molecule has 3 saturated heterocycles. The minimum Gasteiger partial charge on any atom is -0.495 e. The molecular formula is C60H78ClF2N9O18. The molecule has 2 aromatic rings. The maximum Gasteiger partial charge on any atom is 0.409 e. The van der Waals surface area contributed by atoms with E-state index in [9.17, 15) is 57.8 Å². The van der Waals surface area contributed by atoms with Crippen LogP contribution in [0.5, 0.6) is 5.75 Å². The number of likely N-dealkylation sites (N-methyl/N-ethyl adjacent to an activating group) is 1. The number of epoxide rings is 1. The first kappa shape index (κ1) is 70.8. The maximum absolute atomic E-state index is 16.2. The number of benzene rings is 2. The molecule has 2 aromatic carbocycles. The Balaban J connectivity index is 1.17. The van der Waals surface area contributed by atoms with E-state index in [4.69, 9.17) is 45.9 Å². The van der Waals surface area contributed by atoms with Crippen LogP contribution in [-0.4, -0.2) is 169 Å². The quantitative estimate of drug-likeness (QED) is 0.0374. The summed E-state index contributed by atoms with van der Waals surface area (Å²) >= 11 is 6.81. The molecule has 0 spiro atoms. The Kier molecular flexibility index (Phi) is 24.0. The predicted octanol–water partition coefficient (Wildman–Crippen LogP) is 4.29. The average molecular weight is 1290 g/mol. The highest BCUT2D eigenvalue weighted by Crippen LogP contribution is 2.49.